The lowest BCUT2D eigenvalue weighted by atomic mass is 9.99. The number of nitrogens with one attached hydrogen (secondary N) is 1. The van der Waals surface area contributed by atoms with Crippen molar-refractivity contribution in [2.45, 2.75) is 57.7 Å². The lowest BCUT2D eigenvalue weighted by Gasteiger charge is -2.30. The fraction of sp³-hybridized carbons (Fsp3) is 0.938. The molecule has 3 N–H and O–H groups in total. The van der Waals surface area contributed by atoms with Crippen LogP contribution in [0.1, 0.15) is 45.4 Å². The number of ether oxygens (including phenoxy) is 1. The number of carbonyl (C=O) groups excluding carboxylic acids is 1. The Morgan fingerprint density at radius 2 is 2.00 bits per heavy atom. The second-order valence-corrected chi connectivity index (χ2v) is 6.58. The van der Waals surface area contributed by atoms with Crippen molar-refractivity contribution in [3.05, 3.63) is 0 Å². The van der Waals surface area contributed by atoms with Gasteiger partial charge in [-0.3, -0.25) is 4.79 Å². The van der Waals surface area contributed by atoms with Crippen LogP contribution in [0.5, 0.6) is 0 Å². The van der Waals surface area contributed by atoms with Crippen LogP contribution >= 0.6 is 0 Å². The maximum absolute atomic E-state index is 11.9. The first-order valence-electron chi connectivity index (χ1n) is 8.54. The van der Waals surface area contributed by atoms with Crippen LogP contribution in [0.25, 0.3) is 0 Å². The highest BCUT2D eigenvalue weighted by Crippen LogP contribution is 2.19. The summed E-state index contributed by atoms with van der Waals surface area (Å²) in [5.74, 6) is 0.932. The third-order valence-corrected chi connectivity index (χ3v) is 4.74. The molecule has 0 radical (unpaired) electrons. The molecule has 0 aromatic rings. The number of unbranched alkanes of at least 4 members (excludes halogenated alkanes) is 1. The Morgan fingerprint density at radius 3 is 2.67 bits per heavy atom. The maximum Gasteiger partial charge on any atom is 0.249 e. The molecule has 2 aliphatic heterocycles. The van der Waals surface area contributed by atoms with Crippen molar-refractivity contribution in [2.24, 2.45) is 11.7 Å². The van der Waals surface area contributed by atoms with Crippen LogP contribution in [0.2, 0.25) is 0 Å². The molecule has 5 heteroatoms. The van der Waals surface area contributed by atoms with Crippen LogP contribution in [0.3, 0.4) is 0 Å². The third-order valence-electron chi connectivity index (χ3n) is 4.74. The molecule has 2 heterocycles. The number of piperidine rings is 1. The highest BCUT2D eigenvalue weighted by atomic mass is 16.5. The first-order valence-corrected chi connectivity index (χ1v) is 8.54. The Bertz CT molecular complexity index is 317. The summed E-state index contributed by atoms with van der Waals surface area (Å²) in [5.41, 5.74) is 5.55. The molecular formula is C16H31N3O2. The van der Waals surface area contributed by atoms with E-state index in [9.17, 15) is 4.79 Å². The number of nitrogens with zero attached hydrogens (tertiary/aromatic N) is 1. The van der Waals surface area contributed by atoms with Gasteiger partial charge in [-0.05, 0) is 64.1 Å². The second-order valence-electron chi connectivity index (χ2n) is 6.58. The summed E-state index contributed by atoms with van der Waals surface area (Å²) in [4.78, 5) is 14.5. The molecule has 2 saturated heterocycles. The predicted octanol–water partition coefficient (Wildman–Crippen LogP) is 1.12. The number of nitrogens with two attached hydrogens (primary N) is 1. The number of amides is 1. The molecule has 0 bridgehead atoms. The van der Waals surface area contributed by atoms with E-state index in [1.807, 2.05) is 0 Å². The molecule has 5 nitrogen and oxygen atoms in total. The van der Waals surface area contributed by atoms with E-state index in [1.54, 1.807) is 0 Å². The average molecular weight is 297 g/mol. The fourth-order valence-corrected chi connectivity index (χ4v) is 3.14. The summed E-state index contributed by atoms with van der Waals surface area (Å²) in [6.07, 6.45) is 6.37. The lowest BCUT2D eigenvalue weighted by Crippen LogP contribution is -2.36. The smallest absolute Gasteiger partial charge is 0.249 e. The van der Waals surface area contributed by atoms with E-state index in [0.717, 1.165) is 44.7 Å². The molecular weight excluding hydrogens is 266 g/mol. The quantitative estimate of drug-likeness (QED) is 0.691. The van der Waals surface area contributed by atoms with Gasteiger partial charge in [0.15, 0.2) is 0 Å². The topological polar surface area (TPSA) is 67.6 Å². The molecule has 0 aromatic carbocycles. The molecule has 1 amide bonds. The number of hydrogen-bond donors (Lipinski definition) is 2. The van der Waals surface area contributed by atoms with Crippen molar-refractivity contribution in [1.29, 1.82) is 0 Å². The van der Waals surface area contributed by atoms with Crippen molar-refractivity contribution in [1.82, 2.24) is 10.2 Å². The SMILES string of the molecule is CC1CCN(CCCCNC(=O)[C@@H]2CC[C@H](CN)O2)CC1. The summed E-state index contributed by atoms with van der Waals surface area (Å²) < 4.78 is 5.59. The van der Waals surface area contributed by atoms with Gasteiger partial charge in [0.1, 0.15) is 6.10 Å². The van der Waals surface area contributed by atoms with Gasteiger partial charge in [-0.1, -0.05) is 6.92 Å². The van der Waals surface area contributed by atoms with Crippen LogP contribution < -0.4 is 11.1 Å². The van der Waals surface area contributed by atoms with E-state index in [2.05, 4.69) is 17.1 Å². The van der Waals surface area contributed by atoms with Gasteiger partial charge in [-0.2, -0.15) is 0 Å². The zero-order valence-corrected chi connectivity index (χ0v) is 13.4. The maximum atomic E-state index is 11.9. The summed E-state index contributed by atoms with van der Waals surface area (Å²) in [7, 11) is 0. The Morgan fingerprint density at radius 1 is 1.24 bits per heavy atom. The van der Waals surface area contributed by atoms with Crippen molar-refractivity contribution in [2.75, 3.05) is 32.7 Å². The molecule has 2 rings (SSSR count). The first-order chi connectivity index (χ1) is 10.2. The van der Waals surface area contributed by atoms with E-state index in [-0.39, 0.29) is 18.1 Å². The van der Waals surface area contributed by atoms with E-state index in [1.165, 1.54) is 25.9 Å². The molecule has 0 unspecified atom stereocenters. The lowest BCUT2D eigenvalue weighted by molar-refractivity contribution is -0.131. The summed E-state index contributed by atoms with van der Waals surface area (Å²) in [5, 5.41) is 2.99. The minimum absolute atomic E-state index is 0.0396. The normalized spacial score (nSPS) is 27.9. The molecule has 21 heavy (non-hydrogen) atoms. The van der Waals surface area contributed by atoms with Crippen molar-refractivity contribution >= 4 is 5.91 Å². The van der Waals surface area contributed by atoms with Gasteiger partial charge in [0.2, 0.25) is 5.91 Å². The van der Waals surface area contributed by atoms with Gasteiger partial charge in [0.05, 0.1) is 6.10 Å². The third kappa shape index (κ3) is 5.57. The predicted molar refractivity (Wildman–Crippen MR) is 84.0 cm³/mol. The van der Waals surface area contributed by atoms with E-state index in [0.29, 0.717) is 6.54 Å². The Kier molecular flexibility index (Phi) is 6.93. The molecule has 0 aliphatic carbocycles. The van der Waals surface area contributed by atoms with E-state index in [4.69, 9.17) is 10.5 Å². The van der Waals surface area contributed by atoms with Crippen LogP contribution in [-0.4, -0.2) is 55.7 Å². The zero-order chi connectivity index (χ0) is 15.1. The Balaban J connectivity index is 1.49. The minimum atomic E-state index is -0.276. The summed E-state index contributed by atoms with van der Waals surface area (Å²) >= 11 is 0. The molecule has 122 valence electrons. The Hall–Kier alpha value is -0.650. The molecule has 2 atom stereocenters. The number of likely N-dealkylation sites (tertiary alicyclic amines) is 1. The van der Waals surface area contributed by atoms with Gasteiger partial charge in [0, 0.05) is 13.1 Å². The van der Waals surface area contributed by atoms with Gasteiger partial charge in [-0.15, -0.1) is 0 Å². The zero-order valence-electron chi connectivity index (χ0n) is 13.4. The molecule has 2 fully saturated rings. The van der Waals surface area contributed by atoms with Crippen molar-refractivity contribution in [3.8, 4) is 0 Å². The number of hydrogen-bond acceptors (Lipinski definition) is 4. The van der Waals surface area contributed by atoms with Crippen molar-refractivity contribution in [3.63, 3.8) is 0 Å². The number of rotatable bonds is 7. The summed E-state index contributed by atoms with van der Waals surface area (Å²) in [6.45, 7) is 7.26. The van der Waals surface area contributed by atoms with E-state index >= 15 is 0 Å². The van der Waals surface area contributed by atoms with Gasteiger partial charge in [-0.25, -0.2) is 0 Å². The van der Waals surface area contributed by atoms with Gasteiger partial charge < -0.3 is 20.7 Å². The standard InChI is InChI=1S/C16H31N3O2/c1-13-6-10-19(11-7-13)9-3-2-8-18-16(20)15-5-4-14(12-17)21-15/h13-15H,2-12,17H2,1H3,(H,18,20)/t14-,15+/m1/s1. The monoisotopic (exact) mass is 297 g/mol. The highest BCUT2D eigenvalue weighted by molar-refractivity contribution is 5.80. The van der Waals surface area contributed by atoms with Gasteiger partial charge in [0.25, 0.3) is 0 Å². The summed E-state index contributed by atoms with van der Waals surface area (Å²) in [6, 6.07) is 0. The minimum Gasteiger partial charge on any atom is -0.364 e. The fourth-order valence-electron chi connectivity index (χ4n) is 3.14. The second kappa shape index (κ2) is 8.71. The van der Waals surface area contributed by atoms with Gasteiger partial charge >= 0.3 is 0 Å². The molecule has 0 saturated carbocycles. The largest absolute Gasteiger partial charge is 0.364 e. The van der Waals surface area contributed by atoms with Crippen LogP contribution in [0, 0.1) is 5.92 Å². The van der Waals surface area contributed by atoms with Crippen molar-refractivity contribution < 1.29 is 9.53 Å². The average Bonchev–Trinajstić information content (AvgIpc) is 2.98. The molecule has 0 aromatic heterocycles. The van der Waals surface area contributed by atoms with E-state index < -0.39 is 0 Å². The number of carbonyl (C=O) groups is 1. The van der Waals surface area contributed by atoms with Crippen LogP contribution in [0.15, 0.2) is 0 Å². The molecule has 2 aliphatic rings. The molecule has 0 spiro atoms. The van der Waals surface area contributed by atoms with Crippen LogP contribution in [0.4, 0.5) is 0 Å². The highest BCUT2D eigenvalue weighted by Gasteiger charge is 2.29. The van der Waals surface area contributed by atoms with Crippen LogP contribution in [-0.2, 0) is 9.53 Å². The first kappa shape index (κ1) is 16.7. The Labute approximate surface area is 128 Å².